The number of rotatable bonds is 4. The Morgan fingerprint density at radius 1 is 1.06 bits per heavy atom. The summed E-state index contributed by atoms with van der Waals surface area (Å²) >= 11 is 0. The molecule has 0 amide bonds. The minimum atomic E-state index is 0.0456. The predicted molar refractivity (Wildman–Crippen MR) is 145 cm³/mol. The Labute approximate surface area is 213 Å². The fourth-order valence-corrected chi connectivity index (χ4v) is 6.08. The van der Waals surface area contributed by atoms with E-state index in [4.69, 9.17) is 9.72 Å². The number of aromatic nitrogens is 3. The molecule has 0 radical (unpaired) electrons. The first kappa shape index (κ1) is 24.7. The number of phenols is 1. The van der Waals surface area contributed by atoms with Gasteiger partial charge in [-0.25, -0.2) is 0 Å². The van der Waals surface area contributed by atoms with E-state index in [-0.39, 0.29) is 16.8 Å². The molecule has 1 fully saturated rings. The molecule has 0 bridgehead atoms. The molecule has 0 spiro atoms. The van der Waals surface area contributed by atoms with Gasteiger partial charge in [-0.05, 0) is 95.3 Å². The van der Waals surface area contributed by atoms with Crippen LogP contribution in [0.5, 0.6) is 5.75 Å². The molecule has 0 aliphatic carbocycles. The molecule has 2 aromatic heterocycles. The number of phenolic OH excluding ortho intramolecular Hbond substituents is 1. The lowest BCUT2D eigenvalue weighted by Gasteiger charge is -2.49. The number of anilines is 1. The van der Waals surface area contributed by atoms with Gasteiger partial charge in [0.2, 0.25) is 0 Å². The normalized spacial score (nSPS) is 19.8. The van der Waals surface area contributed by atoms with Crippen molar-refractivity contribution in [2.45, 2.75) is 71.0 Å². The molecular formula is C29H37N5O2. The molecule has 3 aromatic rings. The van der Waals surface area contributed by atoms with E-state index in [1.165, 1.54) is 5.57 Å². The summed E-state index contributed by atoms with van der Waals surface area (Å²) in [4.78, 5) is 7.07. The maximum absolute atomic E-state index is 10.9. The van der Waals surface area contributed by atoms with Crippen LogP contribution in [0.4, 0.5) is 5.82 Å². The van der Waals surface area contributed by atoms with E-state index in [9.17, 15) is 5.11 Å². The Morgan fingerprint density at radius 3 is 2.44 bits per heavy atom. The van der Waals surface area contributed by atoms with Crippen molar-refractivity contribution in [3.8, 4) is 17.0 Å². The first-order valence-corrected chi connectivity index (χ1v) is 12.8. The van der Waals surface area contributed by atoms with Crippen LogP contribution in [-0.4, -0.2) is 57.7 Å². The van der Waals surface area contributed by atoms with Crippen molar-refractivity contribution in [3.63, 3.8) is 0 Å². The molecule has 2 N–H and O–H groups in total. The van der Waals surface area contributed by atoms with E-state index in [0.29, 0.717) is 30.5 Å². The highest BCUT2D eigenvalue weighted by atomic mass is 16.5. The number of nitrogens with one attached hydrogen (secondary N) is 1. The molecular weight excluding hydrogens is 450 g/mol. The van der Waals surface area contributed by atoms with Gasteiger partial charge >= 0.3 is 0 Å². The van der Waals surface area contributed by atoms with Crippen molar-refractivity contribution in [3.05, 3.63) is 47.7 Å². The smallest absolute Gasteiger partial charge is 0.151 e. The van der Waals surface area contributed by atoms with Gasteiger partial charge < -0.3 is 20.1 Å². The Morgan fingerprint density at radius 2 is 1.81 bits per heavy atom. The average molecular weight is 488 g/mol. The molecule has 190 valence electrons. The number of aryl methyl sites for hydroxylation is 1. The van der Waals surface area contributed by atoms with Gasteiger partial charge in [-0.3, -0.25) is 4.98 Å². The van der Waals surface area contributed by atoms with E-state index < -0.39 is 0 Å². The van der Waals surface area contributed by atoms with Gasteiger partial charge in [-0.2, -0.15) is 0 Å². The Kier molecular flexibility index (Phi) is 6.25. The number of benzene rings is 1. The van der Waals surface area contributed by atoms with Crippen LogP contribution in [-0.2, 0) is 4.74 Å². The van der Waals surface area contributed by atoms with Crippen LogP contribution in [0, 0.1) is 6.92 Å². The summed E-state index contributed by atoms with van der Waals surface area (Å²) in [5.41, 5.74) is 5.37. The molecule has 0 saturated carbocycles. The minimum absolute atomic E-state index is 0.0456. The van der Waals surface area contributed by atoms with Crippen molar-refractivity contribution in [2.75, 3.05) is 25.2 Å². The van der Waals surface area contributed by atoms with Gasteiger partial charge in [0.15, 0.2) is 5.82 Å². The fraction of sp³-hybridized carbons (Fsp3) is 0.483. The van der Waals surface area contributed by atoms with E-state index in [1.807, 2.05) is 25.1 Å². The van der Waals surface area contributed by atoms with Gasteiger partial charge in [0.25, 0.3) is 0 Å². The molecule has 1 aromatic carbocycles. The summed E-state index contributed by atoms with van der Waals surface area (Å²) in [6.07, 6.45) is 5.04. The predicted octanol–water partition coefficient (Wildman–Crippen LogP) is 5.25. The van der Waals surface area contributed by atoms with Crippen LogP contribution < -0.4 is 10.2 Å². The highest BCUT2D eigenvalue weighted by Gasteiger charge is 2.39. The third-order valence-electron chi connectivity index (χ3n) is 7.38. The third-order valence-corrected chi connectivity index (χ3v) is 7.38. The first-order valence-electron chi connectivity index (χ1n) is 12.8. The monoisotopic (exact) mass is 487 g/mol. The second kappa shape index (κ2) is 9.12. The molecule has 36 heavy (non-hydrogen) atoms. The van der Waals surface area contributed by atoms with Gasteiger partial charge in [0.05, 0.1) is 30.0 Å². The Balaban J connectivity index is 1.51. The topological polar surface area (TPSA) is 83.4 Å². The maximum atomic E-state index is 10.9. The second-order valence-corrected chi connectivity index (χ2v) is 11.6. The molecule has 7 heteroatoms. The van der Waals surface area contributed by atoms with Gasteiger partial charge in [0.1, 0.15) is 5.75 Å². The number of nitrogens with zero attached hydrogens (tertiary/aromatic N) is 4. The molecule has 0 atom stereocenters. The zero-order valence-corrected chi connectivity index (χ0v) is 22.2. The van der Waals surface area contributed by atoms with E-state index >= 15 is 0 Å². The van der Waals surface area contributed by atoms with Crippen LogP contribution in [0.15, 0.2) is 36.4 Å². The number of piperidine rings is 1. The molecule has 4 heterocycles. The van der Waals surface area contributed by atoms with Crippen molar-refractivity contribution < 1.29 is 9.84 Å². The summed E-state index contributed by atoms with van der Waals surface area (Å²) in [5, 5.41) is 24.8. The van der Waals surface area contributed by atoms with Gasteiger partial charge in [-0.15, -0.1) is 10.2 Å². The van der Waals surface area contributed by atoms with Crippen LogP contribution in [0.3, 0.4) is 0 Å². The highest BCUT2D eigenvalue weighted by Crippen LogP contribution is 2.39. The van der Waals surface area contributed by atoms with Gasteiger partial charge in [0, 0.05) is 35.2 Å². The average Bonchev–Trinajstić information content (AvgIpc) is 2.82. The minimum Gasteiger partial charge on any atom is -0.507 e. The largest absolute Gasteiger partial charge is 0.507 e. The fourth-order valence-electron chi connectivity index (χ4n) is 6.08. The van der Waals surface area contributed by atoms with Crippen molar-refractivity contribution >= 4 is 22.3 Å². The highest BCUT2D eigenvalue weighted by molar-refractivity contribution is 6.01. The molecule has 2 aliphatic heterocycles. The molecule has 7 nitrogen and oxygen atoms in total. The van der Waals surface area contributed by atoms with Crippen molar-refractivity contribution in [2.24, 2.45) is 0 Å². The lowest BCUT2D eigenvalue weighted by Crippen LogP contribution is -2.62. The number of aromatic hydroxyl groups is 1. The zero-order chi connectivity index (χ0) is 25.7. The molecule has 0 unspecified atom stereocenters. The number of pyridine rings is 1. The van der Waals surface area contributed by atoms with Crippen molar-refractivity contribution in [1.29, 1.82) is 0 Å². The van der Waals surface area contributed by atoms with Crippen molar-refractivity contribution in [1.82, 2.24) is 20.5 Å². The van der Waals surface area contributed by atoms with E-state index in [1.54, 1.807) is 6.07 Å². The van der Waals surface area contributed by atoms with Crippen LogP contribution >= 0.6 is 0 Å². The van der Waals surface area contributed by atoms with E-state index in [0.717, 1.165) is 47.2 Å². The Hall–Kier alpha value is -3.03. The molecule has 5 rings (SSSR count). The van der Waals surface area contributed by atoms with Crippen LogP contribution in [0.25, 0.3) is 27.7 Å². The van der Waals surface area contributed by atoms with E-state index in [2.05, 4.69) is 67.3 Å². The van der Waals surface area contributed by atoms with Crippen LogP contribution in [0.2, 0.25) is 0 Å². The maximum Gasteiger partial charge on any atom is 0.151 e. The second-order valence-electron chi connectivity index (χ2n) is 11.6. The zero-order valence-electron chi connectivity index (χ0n) is 22.2. The molecule has 1 saturated heterocycles. The molecule has 2 aliphatic rings. The van der Waals surface area contributed by atoms with Crippen LogP contribution in [0.1, 0.15) is 58.2 Å². The summed E-state index contributed by atoms with van der Waals surface area (Å²) in [6, 6.07) is 10.1. The lowest BCUT2D eigenvalue weighted by atomic mass is 9.79. The first-order chi connectivity index (χ1) is 17.0. The van der Waals surface area contributed by atoms with Gasteiger partial charge in [-0.1, -0.05) is 6.08 Å². The summed E-state index contributed by atoms with van der Waals surface area (Å²) in [7, 11) is 2.10. The Bertz CT molecular complexity index is 1300. The number of hydrogen-bond acceptors (Lipinski definition) is 7. The summed E-state index contributed by atoms with van der Waals surface area (Å²) in [6.45, 7) is 12.3. The lowest BCUT2D eigenvalue weighted by molar-refractivity contribution is 0.160. The number of hydrogen-bond donors (Lipinski definition) is 2. The standard InChI is InChI=1S/C29H37N5O2/c1-18-15-22(19-11-13-36-14-12-19)21-7-9-24(35)26(27(21)30-18)23-8-10-25(32-31-23)34(6)20-16-28(2,3)33-29(4,5)17-20/h7-11,15,20,33,35H,12-14,16-17H2,1-6H3. The SMILES string of the molecule is Cc1cc(C2=CCOCC2)c2ccc(O)c(-c3ccc(N(C)C4CC(C)(C)NC(C)(C)C4)nn3)c2n1. The number of fused-ring (bicyclic) bond motifs is 1. The summed E-state index contributed by atoms with van der Waals surface area (Å²) in [5.74, 6) is 0.985. The number of ether oxygens (including phenoxy) is 1. The summed E-state index contributed by atoms with van der Waals surface area (Å²) < 4.78 is 5.51. The quantitative estimate of drug-likeness (QED) is 0.520. The third kappa shape index (κ3) is 4.82.